The van der Waals surface area contributed by atoms with E-state index in [0.29, 0.717) is 13.0 Å². The van der Waals surface area contributed by atoms with Gasteiger partial charge in [0.1, 0.15) is 5.75 Å². The van der Waals surface area contributed by atoms with Crippen molar-refractivity contribution in [2.45, 2.75) is 91.6 Å². The molecule has 2 rings (SSSR count). The normalized spacial score (nSPS) is 17.7. The van der Waals surface area contributed by atoms with Crippen LogP contribution in [0.1, 0.15) is 77.8 Å². The number of hydrogen-bond acceptors (Lipinski definition) is 8. The molecule has 0 N–H and O–H groups in total. The average molecular weight is 467 g/mol. The second kappa shape index (κ2) is 11.5. The summed E-state index contributed by atoms with van der Waals surface area (Å²) in [6, 6.07) is 5.82. The number of aryl methyl sites for hydroxylation is 1. The lowest BCUT2D eigenvalue weighted by atomic mass is 10.0. The van der Waals surface area contributed by atoms with Gasteiger partial charge in [0.05, 0.1) is 12.7 Å². The second-order valence-electron chi connectivity index (χ2n) is 8.24. The molecule has 1 aliphatic heterocycles. The maximum atomic E-state index is 11.6. The highest BCUT2D eigenvalue weighted by Crippen LogP contribution is 2.35. The number of benzene rings is 1. The van der Waals surface area contributed by atoms with Crippen LogP contribution in [0.3, 0.4) is 0 Å². The van der Waals surface area contributed by atoms with Crippen molar-refractivity contribution >= 4 is 26.7 Å². The van der Waals surface area contributed by atoms with Crippen LogP contribution in [0.15, 0.2) is 18.2 Å². The van der Waals surface area contributed by atoms with Crippen molar-refractivity contribution in [2.75, 3.05) is 0 Å². The van der Waals surface area contributed by atoms with Crippen LogP contribution in [-0.4, -0.2) is 32.5 Å². The number of ether oxygens (including phenoxy) is 2. The maximum absolute atomic E-state index is 11.6. The van der Waals surface area contributed by atoms with Crippen LogP contribution in [0.5, 0.6) is 5.75 Å². The van der Waals surface area contributed by atoms with E-state index < -0.39 is 32.5 Å². The van der Waals surface area contributed by atoms with Crippen LogP contribution in [-0.2, 0) is 45.4 Å². The topological polar surface area (TPSA) is 97.4 Å². The monoisotopic (exact) mass is 466 g/mol. The van der Waals surface area contributed by atoms with Gasteiger partial charge >= 0.3 is 8.80 Å². The van der Waals surface area contributed by atoms with E-state index in [1.807, 2.05) is 25.1 Å². The molecule has 0 saturated heterocycles. The minimum atomic E-state index is -3.86. The van der Waals surface area contributed by atoms with E-state index in [-0.39, 0.29) is 6.04 Å². The number of unbranched alkanes of at least 4 members (excludes halogenated alkanes) is 3. The molecule has 178 valence electrons. The molecule has 0 fully saturated rings. The van der Waals surface area contributed by atoms with Crippen LogP contribution in [0.2, 0.25) is 6.04 Å². The fourth-order valence-electron chi connectivity index (χ4n) is 3.66. The molecule has 8 nitrogen and oxygen atoms in total. The predicted molar refractivity (Wildman–Crippen MR) is 119 cm³/mol. The molecule has 32 heavy (non-hydrogen) atoms. The van der Waals surface area contributed by atoms with Gasteiger partial charge in [-0.2, -0.15) is 0 Å². The highest BCUT2D eigenvalue weighted by Gasteiger charge is 2.51. The molecule has 0 bridgehead atoms. The fourth-order valence-corrected chi connectivity index (χ4v) is 6.00. The lowest BCUT2D eigenvalue weighted by Gasteiger charge is -2.36. The van der Waals surface area contributed by atoms with Gasteiger partial charge in [-0.1, -0.05) is 32.3 Å². The molecule has 0 saturated carbocycles. The lowest BCUT2D eigenvalue weighted by Crippen LogP contribution is -2.49. The Labute approximate surface area is 190 Å². The molecular weight excluding hydrogens is 432 g/mol. The predicted octanol–water partition coefficient (Wildman–Crippen LogP) is 4.45. The number of hydrogen-bond donors (Lipinski definition) is 0. The van der Waals surface area contributed by atoms with Gasteiger partial charge in [-0.3, -0.25) is 14.4 Å². The number of fused-ring (bicyclic) bond motifs is 1. The minimum absolute atomic E-state index is 0.0847. The van der Waals surface area contributed by atoms with Crippen LogP contribution in [0.25, 0.3) is 0 Å². The van der Waals surface area contributed by atoms with Crippen molar-refractivity contribution in [1.82, 2.24) is 0 Å². The maximum Gasteiger partial charge on any atom is 0.705 e. The van der Waals surface area contributed by atoms with Crippen molar-refractivity contribution in [2.24, 2.45) is 0 Å². The Balaban J connectivity index is 2.09. The van der Waals surface area contributed by atoms with Gasteiger partial charge in [0.2, 0.25) is 5.79 Å². The molecule has 1 heterocycles. The van der Waals surface area contributed by atoms with E-state index in [0.717, 1.165) is 36.1 Å². The molecule has 1 unspecified atom stereocenters. The molecule has 0 radical (unpaired) electrons. The Morgan fingerprint density at radius 1 is 1.00 bits per heavy atom. The van der Waals surface area contributed by atoms with Gasteiger partial charge in [-0.25, -0.2) is 0 Å². The molecule has 1 aromatic rings. The van der Waals surface area contributed by atoms with Gasteiger partial charge < -0.3 is 22.8 Å². The van der Waals surface area contributed by atoms with Crippen LogP contribution in [0.4, 0.5) is 0 Å². The molecule has 1 aromatic carbocycles. The summed E-state index contributed by atoms with van der Waals surface area (Å²) in [7, 11) is -3.86. The second-order valence-corrected chi connectivity index (χ2v) is 10.7. The first-order valence-electron chi connectivity index (χ1n) is 11.1. The van der Waals surface area contributed by atoms with Crippen molar-refractivity contribution in [3.8, 4) is 5.75 Å². The third kappa shape index (κ3) is 7.94. The third-order valence-electron chi connectivity index (χ3n) is 5.09. The van der Waals surface area contributed by atoms with Gasteiger partial charge in [0.25, 0.3) is 17.9 Å². The minimum Gasteiger partial charge on any atom is -0.462 e. The van der Waals surface area contributed by atoms with E-state index in [4.69, 9.17) is 22.8 Å². The standard InChI is InChI=1S/C23H34O8Si/c1-6-7-8-9-13-23(5)27-16-21-15-20(10-11-22(21)28-23)12-14-32(29-17(2)24,30-18(3)25)31-19(4)26/h10-11,15H,6-9,12-14,16H2,1-5H3. The van der Waals surface area contributed by atoms with E-state index in [1.165, 1.54) is 33.6 Å². The van der Waals surface area contributed by atoms with E-state index in [1.54, 1.807) is 0 Å². The smallest absolute Gasteiger partial charge is 0.462 e. The first kappa shape index (κ1) is 25.9. The largest absolute Gasteiger partial charge is 0.705 e. The van der Waals surface area contributed by atoms with Crippen LogP contribution in [0, 0.1) is 0 Å². The molecule has 0 spiro atoms. The van der Waals surface area contributed by atoms with Crippen LogP contribution < -0.4 is 4.74 Å². The number of carbonyl (C=O) groups excluding carboxylic acids is 3. The summed E-state index contributed by atoms with van der Waals surface area (Å²) in [5, 5.41) is 0. The molecule has 9 heteroatoms. The lowest BCUT2D eigenvalue weighted by molar-refractivity contribution is -0.198. The van der Waals surface area contributed by atoms with Gasteiger partial charge in [0, 0.05) is 39.7 Å². The molecule has 1 atom stereocenters. The van der Waals surface area contributed by atoms with Crippen molar-refractivity contribution in [1.29, 1.82) is 0 Å². The van der Waals surface area contributed by atoms with Gasteiger partial charge in [-0.05, 0) is 30.5 Å². The first-order valence-corrected chi connectivity index (χ1v) is 13.0. The highest BCUT2D eigenvalue weighted by atomic mass is 28.4. The van der Waals surface area contributed by atoms with Crippen molar-refractivity contribution in [3.63, 3.8) is 0 Å². The quantitative estimate of drug-likeness (QED) is 0.348. The Hall–Kier alpha value is -2.39. The Morgan fingerprint density at radius 2 is 1.62 bits per heavy atom. The highest BCUT2D eigenvalue weighted by molar-refractivity contribution is 6.65. The number of carbonyl (C=O) groups is 3. The molecule has 0 amide bonds. The zero-order valence-electron chi connectivity index (χ0n) is 19.7. The summed E-state index contributed by atoms with van der Waals surface area (Å²) >= 11 is 0. The summed E-state index contributed by atoms with van der Waals surface area (Å²) in [6.07, 6.45) is 5.79. The summed E-state index contributed by atoms with van der Waals surface area (Å²) in [5.41, 5.74) is 1.80. The first-order chi connectivity index (χ1) is 15.1. The van der Waals surface area contributed by atoms with Crippen molar-refractivity contribution < 1.29 is 37.1 Å². The van der Waals surface area contributed by atoms with E-state index in [9.17, 15) is 14.4 Å². The average Bonchev–Trinajstić information content (AvgIpc) is 2.68. The molecule has 0 aliphatic carbocycles. The fraction of sp³-hybridized carbons (Fsp3) is 0.609. The SMILES string of the molecule is CCCCCCC1(C)OCc2cc(CC[Si](OC(C)=O)(OC(C)=O)OC(C)=O)ccc2O1. The van der Waals surface area contributed by atoms with E-state index in [2.05, 4.69) is 6.92 Å². The van der Waals surface area contributed by atoms with Crippen molar-refractivity contribution in [3.05, 3.63) is 29.3 Å². The summed E-state index contributed by atoms with van der Waals surface area (Å²) in [4.78, 5) is 34.8. The summed E-state index contributed by atoms with van der Waals surface area (Å²) in [6.45, 7) is 8.12. The van der Waals surface area contributed by atoms with E-state index >= 15 is 0 Å². The Bertz CT molecular complexity index is 783. The molecular formula is C23H34O8Si. The van der Waals surface area contributed by atoms with Gasteiger partial charge in [-0.15, -0.1) is 0 Å². The zero-order chi connectivity index (χ0) is 23.8. The third-order valence-corrected chi connectivity index (χ3v) is 7.74. The number of rotatable bonds is 11. The molecule has 0 aromatic heterocycles. The summed E-state index contributed by atoms with van der Waals surface area (Å²) in [5.74, 6) is -1.88. The van der Waals surface area contributed by atoms with Gasteiger partial charge in [0.15, 0.2) is 0 Å². The molecule has 1 aliphatic rings. The Morgan fingerprint density at radius 3 is 2.19 bits per heavy atom. The summed E-state index contributed by atoms with van der Waals surface area (Å²) < 4.78 is 27.9. The Kier molecular flexibility index (Phi) is 9.27. The van der Waals surface area contributed by atoms with Crippen LogP contribution >= 0.6 is 0 Å². The zero-order valence-corrected chi connectivity index (χ0v) is 20.7.